The van der Waals surface area contributed by atoms with Crippen molar-refractivity contribution < 1.29 is 4.79 Å². The highest BCUT2D eigenvalue weighted by Crippen LogP contribution is 2.18. The van der Waals surface area contributed by atoms with Gasteiger partial charge in [0.15, 0.2) is 0 Å². The number of amides is 1. The molecule has 0 radical (unpaired) electrons. The van der Waals surface area contributed by atoms with Crippen LogP contribution in [0.15, 0.2) is 0 Å². The number of hydrogen-bond donors (Lipinski definition) is 0. The van der Waals surface area contributed by atoms with Gasteiger partial charge >= 0.3 is 0 Å². The molecule has 136 valence electrons. The predicted molar refractivity (Wildman–Crippen MR) is 98.6 cm³/mol. The molecule has 0 aromatic rings. The number of piperidine rings is 1. The highest BCUT2D eigenvalue weighted by Gasteiger charge is 2.23. The number of carbonyl (C=O) groups excluding carboxylic acids is 1. The zero-order valence-electron chi connectivity index (χ0n) is 16.1. The molecule has 0 aliphatic carbocycles. The third kappa shape index (κ3) is 9.31. The van der Waals surface area contributed by atoms with Gasteiger partial charge in [-0.05, 0) is 30.6 Å². The van der Waals surface area contributed by atoms with Crippen molar-refractivity contribution in [1.82, 2.24) is 14.7 Å². The van der Waals surface area contributed by atoms with E-state index < -0.39 is 0 Å². The van der Waals surface area contributed by atoms with Crippen molar-refractivity contribution in [2.45, 2.75) is 47.5 Å². The van der Waals surface area contributed by atoms with Crippen LogP contribution in [-0.4, -0.2) is 73.5 Å². The number of hydrogen-bond acceptors (Lipinski definition) is 3. The van der Waals surface area contributed by atoms with Crippen molar-refractivity contribution in [3.8, 4) is 0 Å². The summed E-state index contributed by atoms with van der Waals surface area (Å²) in [7, 11) is 0. The lowest BCUT2D eigenvalue weighted by Crippen LogP contribution is -2.49. The maximum absolute atomic E-state index is 10.7. The molecular weight excluding hydrogens is 286 g/mol. The molecule has 0 saturated carbocycles. The molecule has 0 aromatic heterocycles. The Morgan fingerprint density at radius 3 is 1.78 bits per heavy atom. The quantitative estimate of drug-likeness (QED) is 0.727. The van der Waals surface area contributed by atoms with Gasteiger partial charge in [0, 0.05) is 52.4 Å². The van der Waals surface area contributed by atoms with E-state index in [1.807, 2.05) is 4.90 Å². The maximum atomic E-state index is 10.7. The predicted octanol–water partition coefficient (Wildman–Crippen LogP) is 2.79. The molecular formula is C19H39N3O. The Morgan fingerprint density at radius 1 is 0.870 bits per heavy atom. The minimum atomic E-state index is 0.777. The third-order valence-corrected chi connectivity index (χ3v) is 4.40. The Labute approximate surface area is 144 Å². The molecule has 4 nitrogen and oxygen atoms in total. The summed E-state index contributed by atoms with van der Waals surface area (Å²) >= 11 is 0. The van der Waals surface area contributed by atoms with E-state index in [4.69, 9.17) is 0 Å². The average molecular weight is 326 g/mol. The van der Waals surface area contributed by atoms with E-state index in [1.165, 1.54) is 52.1 Å². The maximum Gasteiger partial charge on any atom is 0.209 e. The van der Waals surface area contributed by atoms with Gasteiger partial charge in [-0.15, -0.1) is 0 Å². The molecule has 0 N–H and O–H groups in total. The van der Waals surface area contributed by atoms with Crippen molar-refractivity contribution in [3.63, 3.8) is 0 Å². The molecule has 2 aliphatic rings. The molecule has 0 bridgehead atoms. The van der Waals surface area contributed by atoms with Crippen LogP contribution in [0.5, 0.6) is 0 Å². The van der Waals surface area contributed by atoms with E-state index in [0.29, 0.717) is 0 Å². The molecule has 2 heterocycles. The highest BCUT2D eigenvalue weighted by atomic mass is 16.1. The van der Waals surface area contributed by atoms with Crippen LogP contribution in [-0.2, 0) is 4.79 Å². The van der Waals surface area contributed by atoms with Gasteiger partial charge in [-0.2, -0.15) is 0 Å². The first-order valence-electron chi connectivity index (χ1n) is 9.54. The van der Waals surface area contributed by atoms with E-state index in [2.05, 4.69) is 44.4 Å². The Morgan fingerprint density at radius 2 is 1.35 bits per heavy atom. The fraction of sp³-hybridized carbons (Fsp3) is 0.947. The summed E-state index contributed by atoms with van der Waals surface area (Å²) in [5, 5.41) is 0. The van der Waals surface area contributed by atoms with Crippen molar-refractivity contribution in [2.75, 3.05) is 52.4 Å². The van der Waals surface area contributed by atoms with Gasteiger partial charge in [0.25, 0.3) is 0 Å². The summed E-state index contributed by atoms with van der Waals surface area (Å²) in [6.45, 7) is 20.4. The molecule has 0 aromatic carbocycles. The van der Waals surface area contributed by atoms with Gasteiger partial charge in [0.2, 0.25) is 6.41 Å². The smallest absolute Gasteiger partial charge is 0.209 e. The normalized spacial score (nSPS) is 21.4. The van der Waals surface area contributed by atoms with E-state index in [9.17, 15) is 4.79 Å². The minimum Gasteiger partial charge on any atom is -0.345 e. The Kier molecular flexibility index (Phi) is 9.80. The minimum absolute atomic E-state index is 0.777. The number of nitrogens with zero attached hydrogens (tertiary/aromatic N) is 3. The van der Waals surface area contributed by atoms with E-state index in [0.717, 1.165) is 37.3 Å². The number of piperazine rings is 1. The lowest BCUT2D eigenvalue weighted by atomic mass is 9.96. The van der Waals surface area contributed by atoms with Crippen LogP contribution in [0, 0.1) is 17.8 Å². The first-order valence-corrected chi connectivity index (χ1v) is 9.54. The molecule has 1 amide bonds. The number of likely N-dealkylation sites (tertiary alicyclic amines) is 1. The molecule has 0 unspecified atom stereocenters. The number of carbonyl (C=O) groups is 1. The van der Waals surface area contributed by atoms with E-state index >= 15 is 0 Å². The average Bonchev–Trinajstić information content (AvgIpc) is 2.49. The van der Waals surface area contributed by atoms with E-state index in [-0.39, 0.29) is 0 Å². The summed E-state index contributed by atoms with van der Waals surface area (Å²) in [5.74, 6) is 2.41. The SMILES string of the molecule is CC(C)C.CC(C)CN1CCN(CC2CCN(C=O)CC2)CC1. The zero-order chi connectivity index (χ0) is 17.2. The van der Waals surface area contributed by atoms with Gasteiger partial charge < -0.3 is 14.7 Å². The first kappa shape index (κ1) is 20.4. The van der Waals surface area contributed by atoms with Gasteiger partial charge in [-0.1, -0.05) is 34.6 Å². The fourth-order valence-corrected chi connectivity index (χ4v) is 3.28. The molecule has 23 heavy (non-hydrogen) atoms. The Bertz CT molecular complexity index is 301. The summed E-state index contributed by atoms with van der Waals surface area (Å²) < 4.78 is 0. The molecule has 2 aliphatic heterocycles. The molecule has 0 spiro atoms. The monoisotopic (exact) mass is 325 g/mol. The first-order chi connectivity index (χ1) is 10.9. The molecule has 2 fully saturated rings. The highest BCUT2D eigenvalue weighted by molar-refractivity contribution is 5.47. The summed E-state index contributed by atoms with van der Waals surface area (Å²) in [5.41, 5.74) is 0. The largest absolute Gasteiger partial charge is 0.345 e. The van der Waals surface area contributed by atoms with Crippen molar-refractivity contribution in [3.05, 3.63) is 0 Å². The summed E-state index contributed by atoms with van der Waals surface area (Å²) in [4.78, 5) is 17.8. The Hall–Kier alpha value is -0.610. The summed E-state index contributed by atoms with van der Waals surface area (Å²) in [6, 6.07) is 0. The number of rotatable bonds is 5. The Balaban J connectivity index is 0.000000593. The topological polar surface area (TPSA) is 26.8 Å². The van der Waals surface area contributed by atoms with E-state index in [1.54, 1.807) is 0 Å². The molecule has 4 heteroatoms. The lowest BCUT2D eigenvalue weighted by Gasteiger charge is -2.38. The van der Waals surface area contributed by atoms with Crippen molar-refractivity contribution in [1.29, 1.82) is 0 Å². The van der Waals surface area contributed by atoms with Gasteiger partial charge in [0.1, 0.15) is 0 Å². The fourth-order valence-electron chi connectivity index (χ4n) is 3.28. The lowest BCUT2D eigenvalue weighted by molar-refractivity contribution is -0.119. The van der Waals surface area contributed by atoms with Crippen LogP contribution in [0.3, 0.4) is 0 Å². The van der Waals surface area contributed by atoms with Crippen LogP contribution >= 0.6 is 0 Å². The molecule has 0 atom stereocenters. The second-order valence-electron chi connectivity index (χ2n) is 8.31. The summed E-state index contributed by atoms with van der Waals surface area (Å²) in [6.07, 6.45) is 3.37. The van der Waals surface area contributed by atoms with Crippen molar-refractivity contribution in [2.24, 2.45) is 17.8 Å². The third-order valence-electron chi connectivity index (χ3n) is 4.40. The van der Waals surface area contributed by atoms with Crippen LogP contribution in [0.25, 0.3) is 0 Å². The van der Waals surface area contributed by atoms with Crippen LogP contribution in [0.1, 0.15) is 47.5 Å². The van der Waals surface area contributed by atoms with Gasteiger partial charge in [-0.25, -0.2) is 0 Å². The molecule has 2 saturated heterocycles. The van der Waals surface area contributed by atoms with Gasteiger partial charge in [-0.3, -0.25) is 4.79 Å². The van der Waals surface area contributed by atoms with Crippen LogP contribution < -0.4 is 0 Å². The van der Waals surface area contributed by atoms with Crippen LogP contribution in [0.2, 0.25) is 0 Å². The van der Waals surface area contributed by atoms with Gasteiger partial charge in [0.05, 0.1) is 0 Å². The molecule has 2 rings (SSSR count). The second kappa shape index (κ2) is 11.0. The standard InChI is InChI=1S/C15H29N3O.C4H10/c1-14(2)11-16-7-9-17(10-8-16)12-15-3-5-18(13-19)6-4-15;1-4(2)3/h13-15H,3-12H2,1-2H3;4H,1-3H3. The van der Waals surface area contributed by atoms with Crippen molar-refractivity contribution >= 4 is 6.41 Å². The zero-order valence-corrected chi connectivity index (χ0v) is 16.1. The second-order valence-corrected chi connectivity index (χ2v) is 8.31. The van der Waals surface area contributed by atoms with Crippen LogP contribution in [0.4, 0.5) is 0 Å².